The monoisotopic (exact) mass is 305 g/mol. The molecule has 0 aliphatic carbocycles. The Hall–Kier alpha value is -2.37. The second kappa shape index (κ2) is 8.17. The number of carbonyl (C=O) groups is 2. The molecule has 1 atom stereocenters. The molecule has 0 bridgehead atoms. The van der Waals surface area contributed by atoms with Crippen molar-refractivity contribution in [2.45, 2.75) is 38.8 Å². The van der Waals surface area contributed by atoms with Gasteiger partial charge in [0.15, 0.2) is 0 Å². The van der Waals surface area contributed by atoms with Crippen molar-refractivity contribution in [2.75, 3.05) is 7.05 Å². The number of ether oxygens (including phenoxy) is 1. The first-order chi connectivity index (χ1) is 10.3. The van der Waals surface area contributed by atoms with Crippen molar-refractivity contribution in [3.8, 4) is 0 Å². The molecule has 1 heterocycles. The van der Waals surface area contributed by atoms with Gasteiger partial charge >= 0.3 is 6.09 Å². The molecule has 2 amide bonds. The van der Waals surface area contributed by atoms with Gasteiger partial charge in [0.05, 0.1) is 0 Å². The molecule has 1 aromatic heterocycles. The number of likely N-dealkylation sites (N-methyl/N-ethyl adjacent to an activating group) is 1. The van der Waals surface area contributed by atoms with Crippen molar-refractivity contribution in [2.24, 2.45) is 0 Å². The van der Waals surface area contributed by atoms with Crippen molar-refractivity contribution in [3.63, 3.8) is 0 Å². The molecule has 6 nitrogen and oxygen atoms in total. The highest BCUT2D eigenvalue weighted by molar-refractivity contribution is 5.85. The molecule has 0 aliphatic heterocycles. The van der Waals surface area contributed by atoms with Gasteiger partial charge < -0.3 is 15.4 Å². The Morgan fingerprint density at radius 1 is 1.32 bits per heavy atom. The number of hydrogen-bond donors (Lipinski definition) is 2. The van der Waals surface area contributed by atoms with Crippen LogP contribution in [0.25, 0.3) is 6.08 Å². The highest BCUT2D eigenvalue weighted by atomic mass is 16.6. The largest absolute Gasteiger partial charge is 0.444 e. The van der Waals surface area contributed by atoms with Crippen LogP contribution in [0, 0.1) is 0 Å². The quantitative estimate of drug-likeness (QED) is 0.873. The van der Waals surface area contributed by atoms with Crippen LogP contribution in [-0.4, -0.2) is 35.7 Å². The fourth-order valence-electron chi connectivity index (χ4n) is 1.67. The van der Waals surface area contributed by atoms with Crippen LogP contribution >= 0.6 is 0 Å². The molecule has 0 fully saturated rings. The molecule has 1 aromatic rings. The van der Waals surface area contributed by atoms with E-state index in [2.05, 4.69) is 15.6 Å². The SMILES string of the molecule is CNC(=O)C(CC=Cc1ccncc1)NC(=O)OC(C)(C)C. The molecular formula is C16H23N3O3. The van der Waals surface area contributed by atoms with Gasteiger partial charge in [0.1, 0.15) is 11.6 Å². The van der Waals surface area contributed by atoms with Crippen molar-refractivity contribution in [1.82, 2.24) is 15.6 Å². The molecule has 2 N–H and O–H groups in total. The third kappa shape index (κ3) is 6.88. The second-order valence-electron chi connectivity index (χ2n) is 5.73. The molecule has 1 unspecified atom stereocenters. The van der Waals surface area contributed by atoms with E-state index >= 15 is 0 Å². The summed E-state index contributed by atoms with van der Waals surface area (Å²) in [5.74, 6) is -0.273. The lowest BCUT2D eigenvalue weighted by Gasteiger charge is -2.22. The molecule has 0 saturated heterocycles. The summed E-state index contributed by atoms with van der Waals surface area (Å²) < 4.78 is 5.17. The first-order valence-corrected chi connectivity index (χ1v) is 7.09. The molecule has 22 heavy (non-hydrogen) atoms. The molecule has 0 spiro atoms. The van der Waals surface area contributed by atoms with E-state index < -0.39 is 17.7 Å². The van der Waals surface area contributed by atoms with Crippen molar-refractivity contribution in [3.05, 3.63) is 36.2 Å². The van der Waals surface area contributed by atoms with Crippen LogP contribution in [-0.2, 0) is 9.53 Å². The minimum absolute atomic E-state index is 0.273. The molecular weight excluding hydrogens is 282 g/mol. The lowest BCUT2D eigenvalue weighted by molar-refractivity contribution is -0.122. The number of pyridine rings is 1. The Morgan fingerprint density at radius 2 is 1.95 bits per heavy atom. The Balaban J connectivity index is 2.63. The van der Waals surface area contributed by atoms with Gasteiger partial charge in [0.2, 0.25) is 5.91 Å². The summed E-state index contributed by atoms with van der Waals surface area (Å²) in [6, 6.07) is 3.03. The Morgan fingerprint density at radius 3 is 2.50 bits per heavy atom. The Bertz CT molecular complexity index is 521. The summed E-state index contributed by atoms with van der Waals surface area (Å²) in [4.78, 5) is 27.5. The molecule has 0 saturated carbocycles. The molecule has 6 heteroatoms. The lowest BCUT2D eigenvalue weighted by atomic mass is 10.1. The van der Waals surface area contributed by atoms with Crippen molar-refractivity contribution in [1.29, 1.82) is 0 Å². The van der Waals surface area contributed by atoms with Crippen LogP contribution in [0.4, 0.5) is 4.79 Å². The molecule has 0 aliphatic rings. The molecule has 1 rings (SSSR count). The number of rotatable bonds is 5. The fourth-order valence-corrected chi connectivity index (χ4v) is 1.67. The zero-order valence-electron chi connectivity index (χ0n) is 13.4. The number of hydrogen-bond acceptors (Lipinski definition) is 4. The summed E-state index contributed by atoms with van der Waals surface area (Å²) in [5, 5.41) is 5.10. The maximum atomic E-state index is 11.8. The van der Waals surface area contributed by atoms with Crippen LogP contribution in [0.15, 0.2) is 30.6 Å². The average molecular weight is 305 g/mol. The fraction of sp³-hybridized carbons (Fsp3) is 0.438. The minimum atomic E-state index is -0.682. The zero-order valence-corrected chi connectivity index (χ0v) is 13.4. The van der Waals surface area contributed by atoms with Gasteiger partial charge in [-0.3, -0.25) is 9.78 Å². The maximum Gasteiger partial charge on any atom is 0.408 e. The predicted octanol–water partition coefficient (Wildman–Crippen LogP) is 2.12. The number of amides is 2. The van der Waals surface area contributed by atoms with Crippen LogP contribution in [0.3, 0.4) is 0 Å². The van der Waals surface area contributed by atoms with E-state index in [0.29, 0.717) is 6.42 Å². The number of alkyl carbamates (subject to hydrolysis) is 1. The summed E-state index contributed by atoms with van der Waals surface area (Å²) in [7, 11) is 1.53. The van der Waals surface area contributed by atoms with Gasteiger partial charge in [-0.15, -0.1) is 0 Å². The van der Waals surface area contributed by atoms with E-state index in [1.807, 2.05) is 24.3 Å². The first-order valence-electron chi connectivity index (χ1n) is 7.09. The third-order valence-corrected chi connectivity index (χ3v) is 2.64. The van der Waals surface area contributed by atoms with E-state index in [-0.39, 0.29) is 5.91 Å². The zero-order chi connectivity index (χ0) is 16.6. The Kier molecular flexibility index (Phi) is 6.56. The number of nitrogens with one attached hydrogen (secondary N) is 2. The van der Waals surface area contributed by atoms with E-state index in [0.717, 1.165) is 5.56 Å². The van der Waals surface area contributed by atoms with Crippen LogP contribution in [0.2, 0.25) is 0 Å². The minimum Gasteiger partial charge on any atom is -0.444 e. The van der Waals surface area contributed by atoms with Crippen LogP contribution < -0.4 is 10.6 Å². The van der Waals surface area contributed by atoms with Gasteiger partial charge in [0.25, 0.3) is 0 Å². The molecule has 0 aromatic carbocycles. The van der Waals surface area contributed by atoms with E-state index in [1.165, 1.54) is 7.05 Å². The van der Waals surface area contributed by atoms with Gasteiger partial charge in [0, 0.05) is 19.4 Å². The van der Waals surface area contributed by atoms with E-state index in [4.69, 9.17) is 4.74 Å². The summed E-state index contributed by atoms with van der Waals surface area (Å²) in [6.07, 6.45) is 6.82. The third-order valence-electron chi connectivity index (χ3n) is 2.64. The van der Waals surface area contributed by atoms with Gasteiger partial charge in [-0.05, 0) is 44.9 Å². The van der Waals surface area contributed by atoms with Gasteiger partial charge in [-0.25, -0.2) is 4.79 Å². The van der Waals surface area contributed by atoms with Gasteiger partial charge in [-0.1, -0.05) is 12.2 Å². The van der Waals surface area contributed by atoms with Crippen molar-refractivity contribution < 1.29 is 14.3 Å². The smallest absolute Gasteiger partial charge is 0.408 e. The van der Waals surface area contributed by atoms with E-state index in [9.17, 15) is 9.59 Å². The highest BCUT2D eigenvalue weighted by Crippen LogP contribution is 2.08. The predicted molar refractivity (Wildman–Crippen MR) is 85.1 cm³/mol. The molecule has 0 radical (unpaired) electrons. The van der Waals surface area contributed by atoms with Gasteiger partial charge in [-0.2, -0.15) is 0 Å². The summed E-state index contributed by atoms with van der Waals surface area (Å²) in [6.45, 7) is 5.31. The summed E-state index contributed by atoms with van der Waals surface area (Å²) in [5.41, 5.74) is 0.368. The standard InChI is InChI=1S/C16H23N3O3/c1-16(2,3)22-15(21)19-13(14(20)17-4)7-5-6-12-8-10-18-11-9-12/h5-6,8-11,13H,7H2,1-4H3,(H,17,20)(H,19,21). The number of aromatic nitrogens is 1. The number of carbonyl (C=O) groups excluding carboxylic acids is 2. The maximum absolute atomic E-state index is 11.8. The topological polar surface area (TPSA) is 80.3 Å². The lowest BCUT2D eigenvalue weighted by Crippen LogP contribution is -2.47. The first kappa shape index (κ1) is 17.7. The van der Waals surface area contributed by atoms with E-state index in [1.54, 1.807) is 33.2 Å². The Labute approximate surface area is 131 Å². The van der Waals surface area contributed by atoms with Crippen molar-refractivity contribution >= 4 is 18.1 Å². The summed E-state index contributed by atoms with van der Waals surface area (Å²) >= 11 is 0. The number of nitrogens with zero attached hydrogens (tertiary/aromatic N) is 1. The second-order valence-corrected chi connectivity index (χ2v) is 5.73. The van der Waals surface area contributed by atoms with Crippen LogP contribution in [0.1, 0.15) is 32.8 Å². The molecule has 120 valence electrons. The average Bonchev–Trinajstić information content (AvgIpc) is 2.44. The van der Waals surface area contributed by atoms with Crippen LogP contribution in [0.5, 0.6) is 0 Å². The highest BCUT2D eigenvalue weighted by Gasteiger charge is 2.22. The normalized spacial score (nSPS) is 12.7.